The van der Waals surface area contributed by atoms with Gasteiger partial charge in [0.1, 0.15) is 16.9 Å². The lowest BCUT2D eigenvalue weighted by atomic mass is 10.3. The first-order valence-electron chi connectivity index (χ1n) is 6.60. The number of thioether (sulfide) groups is 1. The lowest BCUT2D eigenvalue weighted by molar-refractivity contribution is -0.115. The number of hydrogen-bond donors (Lipinski definition) is 2. The molecule has 3 rings (SSSR count). The Morgan fingerprint density at radius 2 is 1.96 bits per heavy atom. The van der Waals surface area contributed by atoms with E-state index < -0.39 is 0 Å². The van der Waals surface area contributed by atoms with Crippen molar-refractivity contribution in [3.8, 4) is 0 Å². The summed E-state index contributed by atoms with van der Waals surface area (Å²) in [6.07, 6.45) is 2.97. The van der Waals surface area contributed by atoms with E-state index in [1.54, 1.807) is 31.5 Å². The highest BCUT2D eigenvalue weighted by Crippen LogP contribution is 2.28. The molecule has 23 heavy (non-hydrogen) atoms. The Hall–Kier alpha value is -1.83. The molecule has 9 heteroatoms. The van der Waals surface area contributed by atoms with Gasteiger partial charge in [0.25, 0.3) is 0 Å². The van der Waals surface area contributed by atoms with Gasteiger partial charge in [-0.3, -0.25) is 4.79 Å². The summed E-state index contributed by atoms with van der Waals surface area (Å²) < 4.78 is 0. The van der Waals surface area contributed by atoms with Crippen molar-refractivity contribution in [2.24, 2.45) is 0 Å². The molecule has 1 amide bonds. The predicted octanol–water partition coefficient (Wildman–Crippen LogP) is 3.78. The van der Waals surface area contributed by atoms with E-state index in [1.165, 1.54) is 18.1 Å². The topological polar surface area (TPSA) is 83.6 Å². The number of nitrogens with one attached hydrogen (secondary N) is 2. The number of aromatic amines is 1. The summed E-state index contributed by atoms with van der Waals surface area (Å²) in [6, 6.07) is 4.88. The monoisotopic (exact) mass is 367 g/mol. The molecule has 0 saturated heterocycles. The highest BCUT2D eigenvalue weighted by Gasteiger charge is 2.18. The fourth-order valence-corrected chi connectivity index (χ4v) is 3.33. The SMILES string of the molecule is CC(Sc1ncnc2nc[nH]c12)C(=O)Nc1cc(Cl)cc(Cl)c1. The van der Waals surface area contributed by atoms with Gasteiger partial charge in [0.2, 0.25) is 5.91 Å². The van der Waals surface area contributed by atoms with Crippen LogP contribution in [-0.2, 0) is 4.79 Å². The van der Waals surface area contributed by atoms with E-state index in [4.69, 9.17) is 23.2 Å². The van der Waals surface area contributed by atoms with Crippen LogP contribution in [0.3, 0.4) is 0 Å². The predicted molar refractivity (Wildman–Crippen MR) is 92.1 cm³/mol. The van der Waals surface area contributed by atoms with E-state index >= 15 is 0 Å². The number of imidazole rings is 1. The van der Waals surface area contributed by atoms with E-state index in [-0.39, 0.29) is 11.2 Å². The first-order chi connectivity index (χ1) is 11.0. The molecule has 0 bridgehead atoms. The van der Waals surface area contributed by atoms with Crippen molar-refractivity contribution in [3.63, 3.8) is 0 Å². The number of carbonyl (C=O) groups is 1. The second-order valence-electron chi connectivity index (χ2n) is 4.69. The van der Waals surface area contributed by atoms with Gasteiger partial charge in [0, 0.05) is 15.7 Å². The Labute approximate surface area is 146 Å². The zero-order chi connectivity index (χ0) is 16.4. The summed E-state index contributed by atoms with van der Waals surface area (Å²) in [5, 5.41) is 4.00. The van der Waals surface area contributed by atoms with Gasteiger partial charge < -0.3 is 10.3 Å². The van der Waals surface area contributed by atoms with Crippen molar-refractivity contribution in [2.45, 2.75) is 17.2 Å². The molecular weight excluding hydrogens is 357 g/mol. The van der Waals surface area contributed by atoms with Crippen LogP contribution in [-0.4, -0.2) is 31.1 Å². The minimum Gasteiger partial charge on any atom is -0.341 e. The number of halogens is 2. The van der Waals surface area contributed by atoms with Crippen molar-refractivity contribution in [1.29, 1.82) is 0 Å². The molecule has 6 nitrogen and oxygen atoms in total. The summed E-state index contributed by atoms with van der Waals surface area (Å²) in [5.74, 6) is -0.181. The van der Waals surface area contributed by atoms with Gasteiger partial charge in [0.15, 0.2) is 5.65 Å². The summed E-state index contributed by atoms with van der Waals surface area (Å²) in [5.41, 5.74) is 1.83. The number of aromatic nitrogens is 4. The quantitative estimate of drug-likeness (QED) is 0.541. The van der Waals surface area contributed by atoms with Crippen LogP contribution in [0.15, 0.2) is 35.9 Å². The molecule has 1 unspecified atom stereocenters. The Morgan fingerprint density at radius 1 is 1.22 bits per heavy atom. The Bertz CT molecular complexity index is 849. The molecule has 2 aromatic heterocycles. The third-order valence-electron chi connectivity index (χ3n) is 2.98. The van der Waals surface area contributed by atoms with Crippen LogP contribution in [0.25, 0.3) is 11.2 Å². The molecule has 2 N–H and O–H groups in total. The normalized spacial score (nSPS) is 12.3. The van der Waals surface area contributed by atoms with Gasteiger partial charge in [-0.2, -0.15) is 0 Å². The molecule has 1 atom stereocenters. The standard InChI is InChI=1S/C14H11Cl2N5OS/c1-7(13(22)21-10-3-8(15)2-9(16)4-10)23-14-11-12(18-5-17-11)19-6-20-14/h2-7H,1H3,(H,21,22)(H,17,18,19,20). The van der Waals surface area contributed by atoms with Gasteiger partial charge in [-0.1, -0.05) is 35.0 Å². The molecule has 0 spiro atoms. The molecule has 0 aliphatic heterocycles. The number of benzene rings is 1. The molecule has 3 aromatic rings. The molecule has 1 aromatic carbocycles. The highest BCUT2D eigenvalue weighted by molar-refractivity contribution is 8.00. The van der Waals surface area contributed by atoms with Crippen LogP contribution in [0.5, 0.6) is 0 Å². The maximum absolute atomic E-state index is 12.3. The molecule has 0 aliphatic rings. The van der Waals surface area contributed by atoms with E-state index in [9.17, 15) is 4.79 Å². The second-order valence-corrected chi connectivity index (χ2v) is 6.89. The van der Waals surface area contributed by atoms with Crippen LogP contribution < -0.4 is 5.32 Å². The third-order valence-corrected chi connectivity index (χ3v) is 4.51. The van der Waals surface area contributed by atoms with E-state index in [2.05, 4.69) is 25.3 Å². The second kappa shape index (κ2) is 6.74. The average molecular weight is 368 g/mol. The van der Waals surface area contributed by atoms with E-state index in [0.29, 0.717) is 31.9 Å². The Morgan fingerprint density at radius 3 is 2.70 bits per heavy atom. The number of carbonyl (C=O) groups excluding carboxylic acids is 1. The fraction of sp³-hybridized carbons (Fsp3) is 0.143. The van der Waals surface area contributed by atoms with Crippen LogP contribution >= 0.6 is 35.0 Å². The minimum absolute atomic E-state index is 0.181. The van der Waals surface area contributed by atoms with E-state index in [1.807, 2.05) is 0 Å². The van der Waals surface area contributed by atoms with Crippen LogP contribution in [0.2, 0.25) is 10.0 Å². The first kappa shape index (κ1) is 16.0. The number of anilines is 1. The number of hydrogen-bond acceptors (Lipinski definition) is 5. The molecule has 0 radical (unpaired) electrons. The van der Waals surface area contributed by atoms with Crippen molar-refractivity contribution < 1.29 is 4.79 Å². The van der Waals surface area contributed by atoms with Crippen molar-refractivity contribution in [3.05, 3.63) is 40.9 Å². The first-order valence-corrected chi connectivity index (χ1v) is 8.24. The lowest BCUT2D eigenvalue weighted by Crippen LogP contribution is -2.22. The summed E-state index contributed by atoms with van der Waals surface area (Å²) >= 11 is 13.2. The highest BCUT2D eigenvalue weighted by atomic mass is 35.5. The molecule has 0 saturated carbocycles. The zero-order valence-corrected chi connectivity index (χ0v) is 14.2. The van der Waals surface area contributed by atoms with E-state index in [0.717, 1.165) is 0 Å². The maximum Gasteiger partial charge on any atom is 0.237 e. The molecule has 0 fully saturated rings. The third kappa shape index (κ3) is 3.74. The van der Waals surface area contributed by atoms with Crippen LogP contribution in [0.4, 0.5) is 5.69 Å². The number of amides is 1. The summed E-state index contributed by atoms with van der Waals surface area (Å²) in [6.45, 7) is 1.79. The van der Waals surface area contributed by atoms with Gasteiger partial charge in [-0.05, 0) is 25.1 Å². The summed E-state index contributed by atoms with van der Waals surface area (Å²) in [7, 11) is 0. The van der Waals surface area contributed by atoms with Crippen molar-refractivity contribution >= 4 is 57.7 Å². The molecule has 118 valence electrons. The minimum atomic E-state index is -0.380. The van der Waals surface area contributed by atoms with Crippen molar-refractivity contribution in [1.82, 2.24) is 19.9 Å². The lowest BCUT2D eigenvalue weighted by Gasteiger charge is -2.12. The molecular formula is C14H11Cl2N5OS. The van der Waals surface area contributed by atoms with Gasteiger partial charge in [0.05, 0.1) is 11.6 Å². The summed E-state index contributed by atoms with van der Waals surface area (Å²) in [4.78, 5) is 27.6. The zero-order valence-electron chi connectivity index (χ0n) is 11.9. The van der Waals surface area contributed by atoms with Gasteiger partial charge >= 0.3 is 0 Å². The van der Waals surface area contributed by atoms with Gasteiger partial charge in [-0.15, -0.1) is 0 Å². The smallest absolute Gasteiger partial charge is 0.237 e. The van der Waals surface area contributed by atoms with Crippen LogP contribution in [0, 0.1) is 0 Å². The van der Waals surface area contributed by atoms with Crippen LogP contribution in [0.1, 0.15) is 6.92 Å². The maximum atomic E-state index is 12.3. The Kier molecular flexibility index (Phi) is 4.70. The largest absolute Gasteiger partial charge is 0.341 e. The molecule has 0 aliphatic carbocycles. The van der Waals surface area contributed by atoms with Gasteiger partial charge in [-0.25, -0.2) is 15.0 Å². The number of nitrogens with zero attached hydrogens (tertiary/aromatic N) is 3. The van der Waals surface area contributed by atoms with Crippen molar-refractivity contribution in [2.75, 3.05) is 5.32 Å². The number of rotatable bonds is 4. The average Bonchev–Trinajstić information content (AvgIpc) is 2.95. The molecule has 2 heterocycles. The fourth-order valence-electron chi connectivity index (χ4n) is 1.92. The number of fused-ring (bicyclic) bond motifs is 1. The Balaban J connectivity index is 1.73. The number of H-pyrrole nitrogens is 1.